The number of fused-ring (bicyclic) bond motifs is 1. The molecule has 1 saturated heterocycles. The molecule has 1 aliphatic heterocycles. The van der Waals surface area contributed by atoms with Crippen molar-refractivity contribution in [1.29, 1.82) is 0 Å². The largest absolute Gasteiger partial charge is 0.464 e. The molecule has 1 aromatic carbocycles. The lowest BCUT2D eigenvalue weighted by Crippen LogP contribution is -2.37. The monoisotopic (exact) mass is 396 g/mol. The fourth-order valence-electron chi connectivity index (χ4n) is 3.12. The Hall–Kier alpha value is -2.13. The van der Waals surface area contributed by atoms with E-state index in [4.69, 9.17) is 9.15 Å². The van der Waals surface area contributed by atoms with Crippen LogP contribution in [0.15, 0.2) is 32.3 Å². The summed E-state index contributed by atoms with van der Waals surface area (Å²) in [6, 6.07) is 4.28. The Balaban J connectivity index is 1.88. The zero-order valence-corrected chi connectivity index (χ0v) is 16.3. The molecule has 1 aliphatic rings. The maximum Gasteiger partial charge on any atom is 0.420 e. The number of hydrogen-bond acceptors (Lipinski definition) is 6. The zero-order chi connectivity index (χ0) is 19.6. The van der Waals surface area contributed by atoms with E-state index in [0.717, 1.165) is 17.4 Å². The van der Waals surface area contributed by atoms with Crippen molar-refractivity contribution in [3.8, 4) is 0 Å². The number of piperidine rings is 1. The lowest BCUT2D eigenvalue weighted by Gasteiger charge is -2.29. The Morgan fingerprint density at radius 3 is 2.67 bits per heavy atom. The van der Waals surface area contributed by atoms with E-state index < -0.39 is 21.7 Å². The minimum atomic E-state index is -3.65. The molecule has 0 atom stereocenters. The molecule has 2 heterocycles. The molecule has 0 saturated carbocycles. The predicted molar refractivity (Wildman–Crippen MR) is 98.9 cm³/mol. The third-order valence-corrected chi connectivity index (χ3v) is 6.67. The first kappa shape index (κ1) is 19.6. The van der Waals surface area contributed by atoms with Crippen molar-refractivity contribution in [2.24, 2.45) is 5.92 Å². The second-order valence-electron chi connectivity index (χ2n) is 6.89. The molecule has 0 radical (unpaired) electrons. The molecule has 1 fully saturated rings. The van der Waals surface area contributed by atoms with Crippen molar-refractivity contribution in [2.75, 3.05) is 19.7 Å². The summed E-state index contributed by atoms with van der Waals surface area (Å²) in [5.41, 5.74) is 0.495. The SMILES string of the molecule is CCCOC(=O)Cn1c(=O)oc2cc(S(=O)(=O)N3CCC(C)CC3)ccc21. The summed E-state index contributed by atoms with van der Waals surface area (Å²) in [5.74, 6) is -0.751. The third-order valence-electron chi connectivity index (χ3n) is 4.77. The first-order valence-electron chi connectivity index (χ1n) is 9.12. The number of rotatable bonds is 6. The standard InChI is InChI=1S/C18H24N2O6S/c1-3-10-25-17(21)12-20-15-5-4-14(11-16(15)26-18(20)22)27(23,24)19-8-6-13(2)7-9-19/h4-5,11,13H,3,6-10,12H2,1-2H3. The van der Waals surface area contributed by atoms with E-state index >= 15 is 0 Å². The Morgan fingerprint density at radius 1 is 1.30 bits per heavy atom. The lowest BCUT2D eigenvalue weighted by molar-refractivity contribution is -0.144. The topological polar surface area (TPSA) is 98.8 Å². The molecule has 0 amide bonds. The van der Waals surface area contributed by atoms with Gasteiger partial charge in [-0.05, 0) is 37.3 Å². The number of nitrogens with zero attached hydrogens (tertiary/aromatic N) is 2. The van der Waals surface area contributed by atoms with Gasteiger partial charge in [0.1, 0.15) is 6.54 Å². The highest BCUT2D eigenvalue weighted by Gasteiger charge is 2.29. The van der Waals surface area contributed by atoms with Gasteiger partial charge >= 0.3 is 11.7 Å². The minimum Gasteiger partial charge on any atom is -0.464 e. The van der Waals surface area contributed by atoms with Gasteiger partial charge in [-0.25, -0.2) is 13.2 Å². The number of ether oxygens (including phenoxy) is 1. The summed E-state index contributed by atoms with van der Waals surface area (Å²) in [4.78, 5) is 24.0. The van der Waals surface area contributed by atoms with E-state index in [1.165, 1.54) is 22.5 Å². The highest BCUT2D eigenvalue weighted by molar-refractivity contribution is 7.89. The van der Waals surface area contributed by atoms with E-state index in [1.807, 2.05) is 6.92 Å². The van der Waals surface area contributed by atoms with Crippen LogP contribution in [-0.4, -0.2) is 43.0 Å². The molecular formula is C18H24N2O6S. The Morgan fingerprint density at radius 2 is 2.00 bits per heavy atom. The van der Waals surface area contributed by atoms with Crippen molar-refractivity contribution >= 4 is 27.1 Å². The lowest BCUT2D eigenvalue weighted by atomic mass is 10.0. The van der Waals surface area contributed by atoms with Gasteiger partial charge in [0.05, 0.1) is 17.0 Å². The number of hydrogen-bond donors (Lipinski definition) is 0. The van der Waals surface area contributed by atoms with Crippen molar-refractivity contribution in [3.05, 3.63) is 28.7 Å². The third kappa shape index (κ3) is 4.08. The molecule has 3 rings (SSSR count). The van der Waals surface area contributed by atoms with Crippen LogP contribution in [-0.2, 0) is 26.1 Å². The number of carbonyl (C=O) groups is 1. The maximum atomic E-state index is 12.9. The summed E-state index contributed by atoms with van der Waals surface area (Å²) in [5, 5.41) is 0. The fraction of sp³-hybridized carbons (Fsp3) is 0.556. The van der Waals surface area contributed by atoms with Gasteiger partial charge in [0.25, 0.3) is 0 Å². The van der Waals surface area contributed by atoms with Crippen LogP contribution >= 0.6 is 0 Å². The predicted octanol–water partition coefficient (Wildman–Crippen LogP) is 1.97. The molecule has 27 heavy (non-hydrogen) atoms. The van der Waals surface area contributed by atoms with Crippen LogP contribution < -0.4 is 5.76 Å². The second kappa shape index (κ2) is 7.85. The normalized spacial score (nSPS) is 16.7. The van der Waals surface area contributed by atoms with E-state index in [9.17, 15) is 18.0 Å². The van der Waals surface area contributed by atoms with Crippen LogP contribution in [0, 0.1) is 5.92 Å². The van der Waals surface area contributed by atoms with E-state index in [0.29, 0.717) is 30.9 Å². The van der Waals surface area contributed by atoms with Crippen molar-refractivity contribution in [1.82, 2.24) is 8.87 Å². The highest BCUT2D eigenvalue weighted by Crippen LogP contribution is 2.25. The van der Waals surface area contributed by atoms with Gasteiger partial charge in [0.2, 0.25) is 10.0 Å². The molecule has 0 N–H and O–H groups in total. The second-order valence-corrected chi connectivity index (χ2v) is 8.83. The van der Waals surface area contributed by atoms with E-state index in [1.54, 1.807) is 0 Å². The van der Waals surface area contributed by atoms with Crippen molar-refractivity contribution < 1.29 is 22.4 Å². The van der Waals surface area contributed by atoms with Crippen molar-refractivity contribution in [3.63, 3.8) is 0 Å². The van der Waals surface area contributed by atoms with Crippen LogP contribution in [0.1, 0.15) is 33.1 Å². The molecule has 0 aliphatic carbocycles. The summed E-state index contributed by atoms with van der Waals surface area (Å²) < 4.78 is 38.5. The molecule has 0 spiro atoms. The number of oxazole rings is 1. The smallest absolute Gasteiger partial charge is 0.420 e. The molecule has 1 aromatic heterocycles. The number of carbonyl (C=O) groups excluding carboxylic acids is 1. The fourth-order valence-corrected chi connectivity index (χ4v) is 4.61. The minimum absolute atomic E-state index is 0.0824. The number of benzene rings is 1. The Labute approximate surface area is 157 Å². The van der Waals surface area contributed by atoms with Crippen LogP contribution in [0.2, 0.25) is 0 Å². The van der Waals surface area contributed by atoms with Gasteiger partial charge in [0, 0.05) is 19.2 Å². The van der Waals surface area contributed by atoms with E-state index in [2.05, 4.69) is 6.92 Å². The molecule has 0 bridgehead atoms. The van der Waals surface area contributed by atoms with Gasteiger partial charge in [0.15, 0.2) is 5.58 Å². The van der Waals surface area contributed by atoms with Crippen LogP contribution in [0.5, 0.6) is 0 Å². The zero-order valence-electron chi connectivity index (χ0n) is 15.5. The summed E-state index contributed by atoms with van der Waals surface area (Å²) in [7, 11) is -3.65. The molecule has 148 valence electrons. The Kier molecular flexibility index (Phi) is 5.71. The van der Waals surface area contributed by atoms with Gasteiger partial charge in [-0.1, -0.05) is 13.8 Å². The van der Waals surface area contributed by atoms with Gasteiger partial charge in [-0.3, -0.25) is 9.36 Å². The van der Waals surface area contributed by atoms with Crippen molar-refractivity contribution in [2.45, 2.75) is 44.6 Å². The summed E-state index contributed by atoms with van der Waals surface area (Å²) in [6.07, 6.45) is 2.34. The molecule has 8 nitrogen and oxygen atoms in total. The average molecular weight is 396 g/mol. The van der Waals surface area contributed by atoms with E-state index in [-0.39, 0.29) is 23.6 Å². The van der Waals surface area contributed by atoms with Gasteiger partial charge in [-0.15, -0.1) is 0 Å². The average Bonchev–Trinajstić information content (AvgIpc) is 2.95. The van der Waals surface area contributed by atoms with Crippen LogP contribution in [0.3, 0.4) is 0 Å². The quantitative estimate of drug-likeness (QED) is 0.692. The number of aromatic nitrogens is 1. The summed E-state index contributed by atoms with van der Waals surface area (Å²) >= 11 is 0. The van der Waals surface area contributed by atoms with Crippen LogP contribution in [0.25, 0.3) is 11.1 Å². The number of esters is 1. The molecule has 2 aromatic rings. The molecular weight excluding hydrogens is 372 g/mol. The first-order chi connectivity index (χ1) is 12.8. The molecule has 9 heteroatoms. The highest BCUT2D eigenvalue weighted by atomic mass is 32.2. The maximum absolute atomic E-state index is 12.9. The van der Waals surface area contributed by atoms with Gasteiger partial charge < -0.3 is 9.15 Å². The first-order valence-corrected chi connectivity index (χ1v) is 10.6. The van der Waals surface area contributed by atoms with Crippen LogP contribution in [0.4, 0.5) is 0 Å². The number of sulfonamides is 1. The summed E-state index contributed by atoms with van der Waals surface area (Å²) in [6.45, 7) is 4.95. The van der Waals surface area contributed by atoms with Gasteiger partial charge in [-0.2, -0.15) is 4.31 Å². The Bertz CT molecular complexity index is 983. The molecule has 0 unspecified atom stereocenters.